The molecule has 15 heavy (non-hydrogen) atoms. The van der Waals surface area contributed by atoms with Crippen LogP contribution < -0.4 is 0 Å². The summed E-state index contributed by atoms with van der Waals surface area (Å²) >= 11 is 0. The molecule has 0 fully saturated rings. The Hall–Kier alpha value is -2.22. The highest BCUT2D eigenvalue weighted by molar-refractivity contribution is 5.88. The molecule has 0 aromatic heterocycles. The molecular weight excluding hydrogens is 206 g/mol. The number of aldehydes is 1. The molecule has 1 aromatic carbocycles. The van der Waals surface area contributed by atoms with E-state index in [0.29, 0.717) is 12.1 Å². The maximum absolute atomic E-state index is 13.1. The van der Waals surface area contributed by atoms with E-state index in [0.717, 1.165) is 0 Å². The fourth-order valence-corrected chi connectivity index (χ4v) is 0.914. The number of carbonyl (C=O) groups is 2. The zero-order valence-electron chi connectivity index (χ0n) is 7.25. The number of carboxylic acids is 1. The van der Waals surface area contributed by atoms with E-state index < -0.39 is 23.2 Å². The molecule has 1 aromatic rings. The van der Waals surface area contributed by atoms with Gasteiger partial charge in [-0.3, -0.25) is 4.79 Å². The van der Waals surface area contributed by atoms with Crippen LogP contribution in [0.2, 0.25) is 0 Å². The second-order valence-electron chi connectivity index (χ2n) is 2.50. The second-order valence-corrected chi connectivity index (χ2v) is 2.50. The van der Waals surface area contributed by atoms with E-state index in [1.807, 2.05) is 11.8 Å². The second kappa shape index (κ2) is 4.33. The molecule has 0 amide bonds. The lowest BCUT2D eigenvalue weighted by atomic mass is 10.1. The molecule has 0 aliphatic rings. The molecule has 1 rings (SSSR count). The molecule has 1 N–H and O–H groups in total. The Balaban J connectivity index is 3.31. The lowest BCUT2D eigenvalue weighted by Gasteiger charge is -1.99. The summed E-state index contributed by atoms with van der Waals surface area (Å²) in [6.45, 7) is 0. The van der Waals surface area contributed by atoms with Gasteiger partial charge in [0.1, 0.15) is 11.6 Å². The molecular formula is C10H4F2O3. The van der Waals surface area contributed by atoms with Gasteiger partial charge in [-0.2, -0.15) is 0 Å². The van der Waals surface area contributed by atoms with Gasteiger partial charge in [-0.15, -0.1) is 0 Å². The molecule has 0 spiro atoms. The minimum Gasteiger partial charge on any atom is -0.478 e. The lowest BCUT2D eigenvalue weighted by Crippen LogP contribution is -2.02. The Morgan fingerprint density at radius 1 is 1.33 bits per heavy atom. The van der Waals surface area contributed by atoms with Gasteiger partial charge in [0.05, 0.1) is 11.1 Å². The van der Waals surface area contributed by atoms with Gasteiger partial charge in [-0.05, 0) is 18.1 Å². The molecule has 0 atom stereocenters. The van der Waals surface area contributed by atoms with Crippen molar-refractivity contribution in [3.8, 4) is 11.8 Å². The van der Waals surface area contributed by atoms with Gasteiger partial charge in [0, 0.05) is 0 Å². The van der Waals surface area contributed by atoms with Gasteiger partial charge in [0.15, 0.2) is 6.29 Å². The van der Waals surface area contributed by atoms with Gasteiger partial charge in [-0.25, -0.2) is 13.6 Å². The number of aromatic carboxylic acids is 1. The molecule has 5 heteroatoms. The lowest BCUT2D eigenvalue weighted by molar-refractivity contribution is -0.103. The van der Waals surface area contributed by atoms with Gasteiger partial charge in [-0.1, -0.05) is 5.92 Å². The molecule has 76 valence electrons. The minimum atomic E-state index is -1.57. The van der Waals surface area contributed by atoms with Crippen molar-refractivity contribution in [1.29, 1.82) is 0 Å². The fraction of sp³-hybridized carbons (Fsp3) is 0. The summed E-state index contributed by atoms with van der Waals surface area (Å²) in [7, 11) is 0. The van der Waals surface area contributed by atoms with Crippen molar-refractivity contribution in [3.63, 3.8) is 0 Å². The van der Waals surface area contributed by atoms with Crippen molar-refractivity contribution in [2.24, 2.45) is 0 Å². The summed E-state index contributed by atoms with van der Waals surface area (Å²) in [6, 6.07) is 1.15. The zero-order valence-corrected chi connectivity index (χ0v) is 7.25. The molecule has 0 aliphatic carbocycles. The van der Waals surface area contributed by atoms with E-state index in [9.17, 15) is 18.4 Å². The van der Waals surface area contributed by atoms with Crippen molar-refractivity contribution in [2.45, 2.75) is 0 Å². The molecule has 0 aliphatic heterocycles. The van der Waals surface area contributed by atoms with E-state index >= 15 is 0 Å². The van der Waals surface area contributed by atoms with Gasteiger partial charge in [0.25, 0.3) is 0 Å². The van der Waals surface area contributed by atoms with Crippen LogP contribution in [0.1, 0.15) is 15.9 Å². The third-order valence-electron chi connectivity index (χ3n) is 1.55. The van der Waals surface area contributed by atoms with Crippen LogP contribution >= 0.6 is 0 Å². The Morgan fingerprint density at radius 2 is 2.00 bits per heavy atom. The number of hydrogen-bond acceptors (Lipinski definition) is 2. The summed E-state index contributed by atoms with van der Waals surface area (Å²) in [5.41, 5.74) is -1.13. The normalized spacial score (nSPS) is 8.93. The average Bonchev–Trinajstić information content (AvgIpc) is 2.18. The van der Waals surface area contributed by atoms with E-state index in [1.54, 1.807) is 0 Å². The van der Waals surface area contributed by atoms with Crippen molar-refractivity contribution in [1.82, 2.24) is 0 Å². The van der Waals surface area contributed by atoms with Crippen LogP contribution in [0.5, 0.6) is 0 Å². The Morgan fingerprint density at radius 3 is 2.53 bits per heavy atom. The minimum absolute atomic E-state index is 0.225. The fourth-order valence-electron chi connectivity index (χ4n) is 0.914. The van der Waals surface area contributed by atoms with E-state index in [1.165, 1.54) is 0 Å². The Kier molecular flexibility index (Phi) is 3.13. The van der Waals surface area contributed by atoms with E-state index in [2.05, 4.69) is 0 Å². The maximum atomic E-state index is 13.1. The van der Waals surface area contributed by atoms with Crippen molar-refractivity contribution >= 4 is 12.3 Å². The molecule has 0 saturated heterocycles. The molecule has 0 saturated carbocycles. The highest BCUT2D eigenvalue weighted by Crippen LogP contribution is 2.14. The highest BCUT2D eigenvalue weighted by atomic mass is 19.1. The van der Waals surface area contributed by atoms with E-state index in [4.69, 9.17) is 5.11 Å². The molecule has 0 heterocycles. The summed E-state index contributed by atoms with van der Waals surface area (Å²) in [4.78, 5) is 20.3. The largest absolute Gasteiger partial charge is 0.478 e. The smallest absolute Gasteiger partial charge is 0.338 e. The molecule has 3 nitrogen and oxygen atoms in total. The average molecular weight is 210 g/mol. The Bertz CT molecular complexity index is 483. The van der Waals surface area contributed by atoms with Crippen LogP contribution in [0.15, 0.2) is 12.1 Å². The number of carbonyl (C=O) groups excluding carboxylic acids is 1. The Labute approximate surface area is 83.3 Å². The van der Waals surface area contributed by atoms with Crippen molar-refractivity contribution < 1.29 is 23.5 Å². The number of rotatable bonds is 1. The van der Waals surface area contributed by atoms with Crippen LogP contribution in [0, 0.1) is 23.5 Å². The maximum Gasteiger partial charge on any atom is 0.338 e. The topological polar surface area (TPSA) is 54.4 Å². The number of hydrogen-bond donors (Lipinski definition) is 1. The van der Waals surface area contributed by atoms with Gasteiger partial charge in [0.2, 0.25) is 0 Å². The van der Waals surface area contributed by atoms with Crippen molar-refractivity contribution in [3.05, 3.63) is 34.9 Å². The summed E-state index contributed by atoms with van der Waals surface area (Å²) in [5.74, 6) is 0.291. The first kappa shape index (κ1) is 10.9. The van der Waals surface area contributed by atoms with Crippen LogP contribution in [0.3, 0.4) is 0 Å². The monoisotopic (exact) mass is 210 g/mol. The van der Waals surface area contributed by atoms with E-state index in [-0.39, 0.29) is 11.8 Å². The number of benzene rings is 1. The van der Waals surface area contributed by atoms with Gasteiger partial charge >= 0.3 is 5.97 Å². The standard InChI is InChI=1S/C10H4F2O3/c11-8-5-7(10(14)15)9(12)4-6(8)2-1-3-13/h3-5H,(H,14,15). The quantitative estimate of drug-likeness (QED) is 0.560. The predicted octanol–water partition coefficient (Wildman–Crippen LogP) is 1.21. The predicted molar refractivity (Wildman–Crippen MR) is 46.3 cm³/mol. The summed E-state index contributed by atoms with van der Waals surface area (Å²) in [5, 5.41) is 8.46. The molecule has 0 radical (unpaired) electrons. The summed E-state index contributed by atoms with van der Waals surface area (Å²) in [6.07, 6.45) is 0.225. The third kappa shape index (κ3) is 2.38. The van der Waals surface area contributed by atoms with Crippen LogP contribution in [-0.2, 0) is 4.79 Å². The number of halogens is 2. The van der Waals surface area contributed by atoms with Crippen LogP contribution in [0.25, 0.3) is 0 Å². The zero-order chi connectivity index (χ0) is 11.4. The van der Waals surface area contributed by atoms with Crippen LogP contribution in [0.4, 0.5) is 8.78 Å². The molecule has 0 unspecified atom stereocenters. The highest BCUT2D eigenvalue weighted by Gasteiger charge is 2.13. The molecule has 0 bridgehead atoms. The first-order chi connectivity index (χ1) is 7.06. The summed E-state index contributed by atoms with van der Waals surface area (Å²) < 4.78 is 26.1. The number of carboxylic acid groups (broad SMARTS) is 1. The first-order valence-corrected chi connectivity index (χ1v) is 3.73. The van der Waals surface area contributed by atoms with Crippen molar-refractivity contribution in [2.75, 3.05) is 0 Å². The van der Waals surface area contributed by atoms with Gasteiger partial charge < -0.3 is 5.11 Å². The van der Waals surface area contributed by atoms with Crippen LogP contribution in [-0.4, -0.2) is 17.4 Å². The SMILES string of the molecule is O=CC#Cc1cc(F)c(C(=O)O)cc1F. The third-order valence-corrected chi connectivity index (χ3v) is 1.55. The first-order valence-electron chi connectivity index (χ1n) is 3.73.